The zero-order valence-electron chi connectivity index (χ0n) is 14.6. The Hall–Kier alpha value is -2.74. The van der Waals surface area contributed by atoms with Crippen molar-refractivity contribution in [2.45, 2.75) is 38.3 Å². The van der Waals surface area contributed by atoms with Gasteiger partial charge in [0.15, 0.2) is 11.5 Å². The lowest BCUT2D eigenvalue weighted by Crippen LogP contribution is -2.39. The number of oxazole rings is 1. The Morgan fingerprint density at radius 3 is 2.81 bits per heavy atom. The number of nitrogens with zero attached hydrogens (tertiary/aromatic N) is 5. The van der Waals surface area contributed by atoms with Crippen LogP contribution in [0.25, 0.3) is 11.1 Å². The summed E-state index contributed by atoms with van der Waals surface area (Å²) in [6.07, 6.45) is 2.57. The molecule has 1 amide bonds. The Kier molecular flexibility index (Phi) is 4.42. The third-order valence-corrected chi connectivity index (χ3v) is 4.79. The number of carbonyl (C=O) groups is 1. The third kappa shape index (κ3) is 3.32. The Morgan fingerprint density at radius 1 is 1.35 bits per heavy atom. The molecule has 3 heterocycles. The fourth-order valence-electron chi connectivity index (χ4n) is 3.26. The minimum Gasteiger partial charge on any atom is -0.440 e. The number of benzene rings is 1. The normalized spacial score (nSPS) is 16.9. The summed E-state index contributed by atoms with van der Waals surface area (Å²) in [6, 6.07) is 7.75. The van der Waals surface area contributed by atoms with Crippen molar-refractivity contribution >= 4 is 17.0 Å². The number of carbonyl (C=O) groups excluding carboxylic acids is 1. The van der Waals surface area contributed by atoms with Crippen LogP contribution in [0.3, 0.4) is 0 Å². The SMILES string of the molecule is CC(O)c1cn(CC(=O)N2CCC(c3nc4ccccc4o3)CC2)nn1. The average Bonchev–Trinajstić information content (AvgIpc) is 3.28. The predicted molar refractivity (Wildman–Crippen MR) is 93.2 cm³/mol. The Labute approximate surface area is 150 Å². The molecule has 26 heavy (non-hydrogen) atoms. The molecule has 1 aromatic carbocycles. The number of aromatic nitrogens is 4. The van der Waals surface area contributed by atoms with Crippen molar-refractivity contribution < 1.29 is 14.3 Å². The molecule has 1 saturated heterocycles. The van der Waals surface area contributed by atoms with Gasteiger partial charge in [-0.3, -0.25) is 4.79 Å². The third-order valence-electron chi connectivity index (χ3n) is 4.79. The summed E-state index contributed by atoms with van der Waals surface area (Å²) in [4.78, 5) is 18.9. The fourth-order valence-corrected chi connectivity index (χ4v) is 3.26. The van der Waals surface area contributed by atoms with Crippen molar-refractivity contribution in [2.75, 3.05) is 13.1 Å². The first kappa shape index (κ1) is 16.7. The zero-order chi connectivity index (χ0) is 18.1. The van der Waals surface area contributed by atoms with Crippen LogP contribution in [0.5, 0.6) is 0 Å². The van der Waals surface area contributed by atoms with Gasteiger partial charge in [-0.25, -0.2) is 9.67 Å². The molecule has 0 bridgehead atoms. The summed E-state index contributed by atoms with van der Waals surface area (Å²) in [5.41, 5.74) is 2.15. The summed E-state index contributed by atoms with van der Waals surface area (Å²) in [6.45, 7) is 3.08. The number of likely N-dealkylation sites (tertiary alicyclic amines) is 1. The first-order valence-electron chi connectivity index (χ1n) is 8.81. The molecule has 2 aromatic heterocycles. The highest BCUT2D eigenvalue weighted by molar-refractivity contribution is 5.76. The minimum atomic E-state index is -0.689. The van der Waals surface area contributed by atoms with Crippen molar-refractivity contribution in [3.63, 3.8) is 0 Å². The molecule has 1 fully saturated rings. The van der Waals surface area contributed by atoms with Crippen LogP contribution >= 0.6 is 0 Å². The number of rotatable bonds is 4. The topological polar surface area (TPSA) is 97.3 Å². The minimum absolute atomic E-state index is 0.00283. The number of para-hydroxylation sites is 2. The second-order valence-electron chi connectivity index (χ2n) is 6.69. The van der Waals surface area contributed by atoms with Gasteiger partial charge in [-0.05, 0) is 31.9 Å². The van der Waals surface area contributed by atoms with Crippen molar-refractivity contribution in [2.24, 2.45) is 0 Å². The van der Waals surface area contributed by atoms with Gasteiger partial charge in [0.25, 0.3) is 0 Å². The van der Waals surface area contributed by atoms with Crippen molar-refractivity contribution in [3.05, 3.63) is 42.0 Å². The van der Waals surface area contributed by atoms with E-state index < -0.39 is 6.10 Å². The molecule has 0 radical (unpaired) electrons. The highest BCUT2D eigenvalue weighted by Crippen LogP contribution is 2.29. The molecule has 1 unspecified atom stereocenters. The second-order valence-corrected chi connectivity index (χ2v) is 6.69. The van der Waals surface area contributed by atoms with Gasteiger partial charge in [0.2, 0.25) is 5.91 Å². The number of hydrogen-bond donors (Lipinski definition) is 1. The largest absolute Gasteiger partial charge is 0.440 e. The van der Waals surface area contributed by atoms with E-state index in [1.165, 1.54) is 4.68 Å². The van der Waals surface area contributed by atoms with Crippen LogP contribution in [-0.4, -0.2) is 49.0 Å². The molecule has 0 aliphatic carbocycles. The standard InChI is InChI=1S/C18H21N5O3/c1-12(24)15-10-23(21-20-15)11-17(25)22-8-6-13(7-9-22)18-19-14-4-2-3-5-16(14)26-18/h2-5,10,12-13,24H,6-9,11H2,1H3. The van der Waals surface area contributed by atoms with Crippen molar-refractivity contribution in [1.82, 2.24) is 24.9 Å². The lowest BCUT2D eigenvalue weighted by molar-refractivity contribution is -0.133. The molecule has 0 saturated carbocycles. The summed E-state index contributed by atoms with van der Waals surface area (Å²) in [5.74, 6) is 0.999. The van der Waals surface area contributed by atoms with Gasteiger partial charge in [-0.2, -0.15) is 0 Å². The summed E-state index contributed by atoms with van der Waals surface area (Å²) >= 11 is 0. The molecule has 1 aliphatic heterocycles. The van der Waals surface area contributed by atoms with Crippen LogP contribution in [0.4, 0.5) is 0 Å². The number of piperidine rings is 1. The molecule has 4 rings (SSSR count). The smallest absolute Gasteiger partial charge is 0.244 e. The summed E-state index contributed by atoms with van der Waals surface area (Å²) in [5, 5.41) is 17.2. The first-order chi connectivity index (χ1) is 12.6. The highest BCUT2D eigenvalue weighted by atomic mass is 16.3. The van der Waals surface area contributed by atoms with E-state index in [1.54, 1.807) is 13.1 Å². The van der Waals surface area contributed by atoms with Crippen LogP contribution in [-0.2, 0) is 11.3 Å². The predicted octanol–water partition coefficient (Wildman–Crippen LogP) is 1.88. The molecule has 1 aliphatic rings. The van der Waals surface area contributed by atoms with Crippen molar-refractivity contribution in [1.29, 1.82) is 0 Å². The number of amides is 1. The van der Waals surface area contributed by atoms with E-state index in [0.717, 1.165) is 29.8 Å². The van der Waals surface area contributed by atoms with Crippen LogP contribution < -0.4 is 0 Å². The van der Waals surface area contributed by atoms with E-state index in [0.29, 0.717) is 18.8 Å². The number of hydrogen-bond acceptors (Lipinski definition) is 6. The summed E-state index contributed by atoms with van der Waals surface area (Å²) in [7, 11) is 0. The van der Waals surface area contributed by atoms with Gasteiger partial charge in [-0.1, -0.05) is 17.3 Å². The molecule has 3 aromatic rings. The fraction of sp³-hybridized carbons (Fsp3) is 0.444. The first-order valence-corrected chi connectivity index (χ1v) is 8.81. The maximum absolute atomic E-state index is 12.5. The van der Waals surface area contributed by atoms with Gasteiger partial charge in [0, 0.05) is 19.0 Å². The van der Waals surface area contributed by atoms with Crippen LogP contribution in [0.1, 0.15) is 43.4 Å². The lowest BCUT2D eigenvalue weighted by Gasteiger charge is -2.30. The van der Waals surface area contributed by atoms with Gasteiger partial charge in [0.05, 0.1) is 12.3 Å². The Balaban J connectivity index is 1.35. The van der Waals surface area contributed by atoms with Gasteiger partial charge in [0.1, 0.15) is 17.8 Å². The van der Waals surface area contributed by atoms with Crippen LogP contribution in [0.15, 0.2) is 34.9 Å². The highest BCUT2D eigenvalue weighted by Gasteiger charge is 2.27. The molecule has 8 heteroatoms. The lowest BCUT2D eigenvalue weighted by atomic mass is 9.97. The maximum atomic E-state index is 12.5. The van der Waals surface area contributed by atoms with Crippen LogP contribution in [0.2, 0.25) is 0 Å². The molecular formula is C18H21N5O3. The Bertz CT molecular complexity index is 875. The number of aliphatic hydroxyl groups excluding tert-OH is 1. The molecule has 1 N–H and O–H groups in total. The molecule has 8 nitrogen and oxygen atoms in total. The molecular weight excluding hydrogens is 334 g/mol. The van der Waals surface area contributed by atoms with E-state index >= 15 is 0 Å². The van der Waals surface area contributed by atoms with Crippen molar-refractivity contribution in [3.8, 4) is 0 Å². The maximum Gasteiger partial charge on any atom is 0.244 e. The second kappa shape index (κ2) is 6.87. The Morgan fingerprint density at radius 2 is 2.12 bits per heavy atom. The van der Waals surface area contributed by atoms with Crippen LogP contribution in [0, 0.1) is 0 Å². The summed E-state index contributed by atoms with van der Waals surface area (Å²) < 4.78 is 7.33. The van der Waals surface area contributed by atoms with Gasteiger partial charge < -0.3 is 14.4 Å². The quantitative estimate of drug-likeness (QED) is 0.767. The van der Waals surface area contributed by atoms with Gasteiger partial charge in [-0.15, -0.1) is 5.10 Å². The number of aliphatic hydroxyl groups is 1. The van der Waals surface area contributed by atoms with E-state index in [-0.39, 0.29) is 18.4 Å². The van der Waals surface area contributed by atoms with E-state index in [1.807, 2.05) is 29.2 Å². The molecule has 1 atom stereocenters. The van der Waals surface area contributed by atoms with E-state index in [2.05, 4.69) is 15.3 Å². The van der Waals surface area contributed by atoms with Gasteiger partial charge >= 0.3 is 0 Å². The number of fused-ring (bicyclic) bond motifs is 1. The monoisotopic (exact) mass is 355 g/mol. The zero-order valence-corrected chi connectivity index (χ0v) is 14.6. The molecule has 0 spiro atoms. The van der Waals surface area contributed by atoms with E-state index in [4.69, 9.17) is 4.42 Å². The molecule has 136 valence electrons. The average molecular weight is 355 g/mol. The van der Waals surface area contributed by atoms with E-state index in [9.17, 15) is 9.90 Å².